The van der Waals surface area contributed by atoms with Gasteiger partial charge in [0.1, 0.15) is 0 Å². The van der Waals surface area contributed by atoms with Crippen molar-refractivity contribution in [3.05, 3.63) is 65.7 Å². The van der Waals surface area contributed by atoms with E-state index in [2.05, 4.69) is 34.2 Å². The molecule has 0 aliphatic heterocycles. The van der Waals surface area contributed by atoms with Crippen molar-refractivity contribution in [1.82, 2.24) is 20.1 Å². The fraction of sp³-hybridized carbons (Fsp3) is 0.286. The van der Waals surface area contributed by atoms with Gasteiger partial charge in [0.2, 0.25) is 11.1 Å². The van der Waals surface area contributed by atoms with Crippen LogP contribution in [0.5, 0.6) is 0 Å². The summed E-state index contributed by atoms with van der Waals surface area (Å²) < 4.78 is 0. The van der Waals surface area contributed by atoms with Crippen LogP contribution in [0.25, 0.3) is 11.4 Å². The van der Waals surface area contributed by atoms with Gasteiger partial charge < -0.3 is 4.90 Å². The van der Waals surface area contributed by atoms with E-state index in [0.717, 1.165) is 23.4 Å². The highest BCUT2D eigenvalue weighted by Gasteiger charge is 2.21. The van der Waals surface area contributed by atoms with Crippen LogP contribution in [-0.2, 0) is 17.8 Å². The van der Waals surface area contributed by atoms with Crippen LogP contribution in [0.1, 0.15) is 25.0 Å². The van der Waals surface area contributed by atoms with Crippen LogP contribution in [0, 0.1) is 0 Å². The van der Waals surface area contributed by atoms with Crippen molar-refractivity contribution in [2.75, 3.05) is 7.05 Å². The van der Waals surface area contributed by atoms with Crippen molar-refractivity contribution in [3.63, 3.8) is 0 Å². The van der Waals surface area contributed by atoms with Gasteiger partial charge in [-0.3, -0.25) is 9.89 Å². The number of hydrogen-bond acceptors (Lipinski definition) is 4. The molecular formula is C21H24N4OS. The van der Waals surface area contributed by atoms with Gasteiger partial charge in [0.15, 0.2) is 5.82 Å². The lowest BCUT2D eigenvalue weighted by Crippen LogP contribution is -2.32. The molecular weight excluding hydrogens is 356 g/mol. The molecule has 1 amide bonds. The van der Waals surface area contributed by atoms with Crippen molar-refractivity contribution < 1.29 is 4.79 Å². The molecule has 0 spiro atoms. The van der Waals surface area contributed by atoms with Crippen LogP contribution in [0.15, 0.2) is 59.8 Å². The van der Waals surface area contributed by atoms with Gasteiger partial charge in [-0.15, -0.1) is 5.10 Å². The van der Waals surface area contributed by atoms with Crippen LogP contribution >= 0.6 is 11.8 Å². The van der Waals surface area contributed by atoms with Crippen LogP contribution in [0.3, 0.4) is 0 Å². The Balaban J connectivity index is 1.61. The van der Waals surface area contributed by atoms with Crippen molar-refractivity contribution in [3.8, 4) is 11.4 Å². The maximum Gasteiger partial charge on any atom is 0.235 e. The van der Waals surface area contributed by atoms with E-state index in [9.17, 15) is 4.79 Å². The largest absolute Gasteiger partial charge is 0.340 e. The molecule has 0 saturated carbocycles. The zero-order chi connectivity index (χ0) is 19.2. The second-order valence-electron chi connectivity index (χ2n) is 6.46. The normalized spacial score (nSPS) is 12.0. The van der Waals surface area contributed by atoms with Gasteiger partial charge in [0.05, 0.1) is 5.25 Å². The molecule has 6 heteroatoms. The summed E-state index contributed by atoms with van der Waals surface area (Å²) in [6.07, 6.45) is 1.01. The molecule has 0 aliphatic rings. The number of aryl methyl sites for hydroxylation is 1. The number of carbonyl (C=O) groups excluding carboxylic acids is 1. The summed E-state index contributed by atoms with van der Waals surface area (Å²) in [4.78, 5) is 18.9. The number of benzene rings is 2. The molecule has 0 fully saturated rings. The van der Waals surface area contributed by atoms with E-state index in [1.54, 1.807) is 4.90 Å². The molecule has 5 nitrogen and oxygen atoms in total. The third-order valence-corrected chi connectivity index (χ3v) is 5.32. The van der Waals surface area contributed by atoms with E-state index < -0.39 is 0 Å². The molecule has 3 rings (SSSR count). The minimum atomic E-state index is -0.259. The first-order chi connectivity index (χ1) is 13.1. The summed E-state index contributed by atoms with van der Waals surface area (Å²) in [6, 6.07) is 18.2. The molecule has 1 N–H and O–H groups in total. The Kier molecular flexibility index (Phi) is 6.29. The van der Waals surface area contributed by atoms with Gasteiger partial charge in [-0.2, -0.15) is 0 Å². The number of amides is 1. The number of aromatic amines is 1. The van der Waals surface area contributed by atoms with E-state index in [1.165, 1.54) is 17.3 Å². The predicted molar refractivity (Wildman–Crippen MR) is 109 cm³/mol. The molecule has 1 heterocycles. The summed E-state index contributed by atoms with van der Waals surface area (Å²) in [5.41, 5.74) is 3.39. The van der Waals surface area contributed by atoms with Gasteiger partial charge in [-0.05, 0) is 24.5 Å². The minimum absolute atomic E-state index is 0.0579. The number of nitrogens with zero attached hydrogens (tertiary/aromatic N) is 3. The van der Waals surface area contributed by atoms with Crippen molar-refractivity contribution >= 4 is 17.7 Å². The first-order valence-corrected chi connectivity index (χ1v) is 9.92. The second-order valence-corrected chi connectivity index (χ2v) is 7.77. The number of aromatic nitrogens is 3. The lowest BCUT2D eigenvalue weighted by atomic mass is 10.1. The first-order valence-electron chi connectivity index (χ1n) is 9.04. The number of nitrogens with one attached hydrogen (secondary N) is 1. The first kappa shape index (κ1) is 19.2. The quantitative estimate of drug-likeness (QED) is 0.625. The Bertz CT molecular complexity index is 877. The highest BCUT2D eigenvalue weighted by Crippen LogP contribution is 2.24. The fourth-order valence-corrected chi connectivity index (χ4v) is 3.62. The van der Waals surface area contributed by atoms with Gasteiger partial charge in [-0.25, -0.2) is 4.98 Å². The summed E-state index contributed by atoms with van der Waals surface area (Å²) >= 11 is 1.37. The van der Waals surface area contributed by atoms with E-state index in [0.29, 0.717) is 11.7 Å². The Labute approximate surface area is 164 Å². The average Bonchev–Trinajstić information content (AvgIpc) is 3.16. The highest BCUT2D eigenvalue weighted by molar-refractivity contribution is 8.00. The van der Waals surface area contributed by atoms with Gasteiger partial charge in [0.25, 0.3) is 0 Å². The minimum Gasteiger partial charge on any atom is -0.340 e. The smallest absolute Gasteiger partial charge is 0.235 e. The number of H-pyrrole nitrogens is 1. The third kappa shape index (κ3) is 4.98. The molecule has 0 aliphatic carbocycles. The van der Waals surface area contributed by atoms with Crippen molar-refractivity contribution in [2.24, 2.45) is 0 Å². The van der Waals surface area contributed by atoms with E-state index >= 15 is 0 Å². The standard InChI is InChI=1S/C21H24N4OS/c1-4-16-10-12-18(13-11-16)19-22-21(24-23-19)27-15(2)20(26)25(3)14-17-8-6-5-7-9-17/h5-13,15H,4,14H2,1-3H3,(H,22,23,24)/t15-/m0/s1. The number of thioether (sulfide) groups is 1. The molecule has 0 unspecified atom stereocenters. The Morgan fingerprint density at radius 3 is 2.48 bits per heavy atom. The molecule has 0 radical (unpaired) electrons. The summed E-state index contributed by atoms with van der Waals surface area (Å²) in [6.45, 7) is 4.61. The zero-order valence-corrected chi connectivity index (χ0v) is 16.7. The summed E-state index contributed by atoms with van der Waals surface area (Å²) in [7, 11) is 1.82. The highest BCUT2D eigenvalue weighted by atomic mass is 32.2. The molecule has 3 aromatic rings. The van der Waals surface area contributed by atoms with Crippen molar-refractivity contribution in [1.29, 1.82) is 0 Å². The molecule has 1 aromatic heterocycles. The van der Waals surface area contributed by atoms with Gasteiger partial charge in [-0.1, -0.05) is 73.3 Å². The Morgan fingerprint density at radius 1 is 1.11 bits per heavy atom. The van der Waals surface area contributed by atoms with E-state index in [4.69, 9.17) is 0 Å². The Morgan fingerprint density at radius 2 is 1.81 bits per heavy atom. The second kappa shape index (κ2) is 8.86. The lowest BCUT2D eigenvalue weighted by molar-refractivity contribution is -0.129. The monoisotopic (exact) mass is 380 g/mol. The van der Waals surface area contributed by atoms with Crippen LogP contribution in [0.4, 0.5) is 0 Å². The maximum absolute atomic E-state index is 12.6. The van der Waals surface area contributed by atoms with Gasteiger partial charge in [0, 0.05) is 19.2 Å². The fourth-order valence-electron chi connectivity index (χ4n) is 2.78. The average molecular weight is 381 g/mol. The maximum atomic E-state index is 12.6. The zero-order valence-electron chi connectivity index (χ0n) is 15.8. The van der Waals surface area contributed by atoms with Crippen molar-refractivity contribution in [2.45, 2.75) is 37.2 Å². The topological polar surface area (TPSA) is 61.9 Å². The lowest BCUT2D eigenvalue weighted by Gasteiger charge is -2.20. The number of hydrogen-bond donors (Lipinski definition) is 1. The summed E-state index contributed by atoms with van der Waals surface area (Å²) in [5.74, 6) is 0.778. The van der Waals surface area contributed by atoms with Crippen LogP contribution in [-0.4, -0.2) is 38.3 Å². The number of rotatable bonds is 7. The van der Waals surface area contributed by atoms with E-state index in [-0.39, 0.29) is 11.2 Å². The Hall–Kier alpha value is -2.60. The molecule has 2 aromatic carbocycles. The molecule has 0 saturated heterocycles. The van der Waals surface area contributed by atoms with Crippen LogP contribution < -0.4 is 0 Å². The molecule has 140 valence electrons. The summed E-state index contributed by atoms with van der Waals surface area (Å²) in [5, 5.41) is 7.55. The third-order valence-electron chi connectivity index (χ3n) is 4.37. The SMILES string of the molecule is CCc1ccc(-c2nc(S[C@@H](C)C(=O)N(C)Cc3ccccc3)n[nH]2)cc1. The molecule has 27 heavy (non-hydrogen) atoms. The van der Waals surface area contributed by atoms with Crippen LogP contribution in [0.2, 0.25) is 0 Å². The predicted octanol–water partition coefficient (Wildman–Crippen LogP) is 4.17. The number of carbonyl (C=O) groups is 1. The van der Waals surface area contributed by atoms with E-state index in [1.807, 2.05) is 56.4 Å². The molecule has 0 bridgehead atoms. The molecule has 1 atom stereocenters. The van der Waals surface area contributed by atoms with Gasteiger partial charge >= 0.3 is 0 Å².